The number of rotatable bonds is 6. The van der Waals surface area contributed by atoms with Gasteiger partial charge in [0.2, 0.25) is 0 Å². The van der Waals surface area contributed by atoms with Gasteiger partial charge in [0.1, 0.15) is 11.2 Å². The molecule has 1 heterocycles. The predicted octanol–water partition coefficient (Wildman–Crippen LogP) is 0.516. The summed E-state index contributed by atoms with van der Waals surface area (Å²) in [6, 6.07) is 0. The minimum absolute atomic E-state index is 0.324. The Kier molecular flexibility index (Phi) is 5.37. The molecule has 6 nitrogen and oxygen atoms in total. The van der Waals surface area contributed by atoms with Crippen LogP contribution >= 0.6 is 0 Å². The van der Waals surface area contributed by atoms with E-state index in [0.29, 0.717) is 19.8 Å². The fraction of sp³-hybridized carbons (Fsp3) is 0.917. The maximum absolute atomic E-state index is 11.5. The molecule has 1 aliphatic heterocycles. The van der Waals surface area contributed by atoms with Crippen LogP contribution in [0.3, 0.4) is 0 Å². The van der Waals surface area contributed by atoms with Crippen LogP contribution in [-0.4, -0.2) is 57.3 Å². The first-order valence-corrected chi connectivity index (χ1v) is 6.17. The number of carbonyl (C=O) groups is 1. The van der Waals surface area contributed by atoms with Crippen molar-refractivity contribution in [2.75, 3.05) is 40.0 Å². The second kappa shape index (κ2) is 6.36. The van der Waals surface area contributed by atoms with Gasteiger partial charge in [0.25, 0.3) is 0 Å². The fourth-order valence-corrected chi connectivity index (χ4v) is 1.57. The molecule has 0 unspecified atom stereocenters. The molecule has 1 saturated heterocycles. The summed E-state index contributed by atoms with van der Waals surface area (Å²) in [6.45, 7) is 8.48. The smallest absolute Gasteiger partial charge is 0.407 e. The summed E-state index contributed by atoms with van der Waals surface area (Å²) in [5.41, 5.74) is -0.804. The molecule has 1 fully saturated rings. The Morgan fingerprint density at radius 2 is 2.00 bits per heavy atom. The first-order chi connectivity index (χ1) is 8.37. The SMILES string of the molecule is COCCOC1(CNC(=O)OC(C)(C)C)CNC1. The van der Waals surface area contributed by atoms with E-state index in [4.69, 9.17) is 14.2 Å². The lowest BCUT2D eigenvalue weighted by Gasteiger charge is -2.42. The van der Waals surface area contributed by atoms with E-state index in [1.165, 1.54) is 0 Å². The van der Waals surface area contributed by atoms with Gasteiger partial charge in [-0.15, -0.1) is 0 Å². The molecule has 1 rings (SSSR count). The van der Waals surface area contributed by atoms with Gasteiger partial charge in [0.05, 0.1) is 19.8 Å². The second-order valence-electron chi connectivity index (χ2n) is 5.48. The molecular formula is C12H24N2O4. The average molecular weight is 260 g/mol. The first kappa shape index (κ1) is 15.2. The van der Waals surface area contributed by atoms with Gasteiger partial charge in [0, 0.05) is 20.2 Å². The standard InChI is InChI=1S/C12H24N2O4/c1-11(2,3)18-10(15)14-9-12(7-13-8-12)17-6-5-16-4/h13H,5-9H2,1-4H3,(H,14,15). The summed E-state index contributed by atoms with van der Waals surface area (Å²) in [5.74, 6) is 0. The average Bonchev–Trinajstić information content (AvgIpc) is 2.18. The van der Waals surface area contributed by atoms with E-state index in [-0.39, 0.29) is 5.60 Å². The van der Waals surface area contributed by atoms with Crippen molar-refractivity contribution in [3.05, 3.63) is 0 Å². The first-order valence-electron chi connectivity index (χ1n) is 6.17. The monoisotopic (exact) mass is 260 g/mol. The molecule has 106 valence electrons. The number of carbonyl (C=O) groups excluding carboxylic acids is 1. The van der Waals surface area contributed by atoms with Crippen LogP contribution in [0.5, 0.6) is 0 Å². The summed E-state index contributed by atoms with van der Waals surface area (Å²) in [6.07, 6.45) is -0.413. The quantitative estimate of drug-likeness (QED) is 0.681. The van der Waals surface area contributed by atoms with E-state index in [0.717, 1.165) is 13.1 Å². The Morgan fingerprint density at radius 3 is 2.44 bits per heavy atom. The van der Waals surface area contributed by atoms with Crippen molar-refractivity contribution in [1.82, 2.24) is 10.6 Å². The van der Waals surface area contributed by atoms with Crippen molar-refractivity contribution in [3.63, 3.8) is 0 Å². The molecule has 2 N–H and O–H groups in total. The van der Waals surface area contributed by atoms with Crippen molar-refractivity contribution >= 4 is 6.09 Å². The maximum atomic E-state index is 11.5. The van der Waals surface area contributed by atoms with Gasteiger partial charge in [-0.3, -0.25) is 0 Å². The Labute approximate surface area is 108 Å². The minimum atomic E-state index is -0.480. The van der Waals surface area contributed by atoms with Crippen molar-refractivity contribution in [1.29, 1.82) is 0 Å². The van der Waals surface area contributed by atoms with Gasteiger partial charge in [0.15, 0.2) is 0 Å². The molecule has 0 aromatic rings. The Morgan fingerprint density at radius 1 is 1.33 bits per heavy atom. The van der Waals surface area contributed by atoms with Gasteiger partial charge in [-0.1, -0.05) is 0 Å². The van der Waals surface area contributed by atoms with Gasteiger partial charge < -0.3 is 24.8 Å². The normalized spacial score (nSPS) is 18.0. The number of methoxy groups -OCH3 is 1. The van der Waals surface area contributed by atoms with E-state index in [1.54, 1.807) is 7.11 Å². The largest absolute Gasteiger partial charge is 0.444 e. The van der Waals surface area contributed by atoms with Gasteiger partial charge in [-0.05, 0) is 20.8 Å². The molecule has 0 bridgehead atoms. The summed E-state index contributed by atoms with van der Waals surface area (Å²) in [5, 5.41) is 5.88. The highest BCUT2D eigenvalue weighted by molar-refractivity contribution is 5.67. The molecule has 0 aromatic carbocycles. The number of alkyl carbamates (subject to hydrolysis) is 1. The van der Waals surface area contributed by atoms with Crippen LogP contribution in [0.25, 0.3) is 0 Å². The Hall–Kier alpha value is -0.850. The molecule has 1 aliphatic rings. The third-order valence-electron chi connectivity index (χ3n) is 2.54. The highest BCUT2D eigenvalue weighted by Gasteiger charge is 2.38. The molecule has 18 heavy (non-hydrogen) atoms. The highest BCUT2D eigenvalue weighted by Crippen LogP contribution is 2.16. The molecular weight excluding hydrogens is 236 g/mol. The highest BCUT2D eigenvalue weighted by atomic mass is 16.6. The number of ether oxygens (including phenoxy) is 3. The van der Waals surface area contributed by atoms with Crippen LogP contribution in [0.15, 0.2) is 0 Å². The van der Waals surface area contributed by atoms with Crippen molar-refractivity contribution < 1.29 is 19.0 Å². The summed E-state index contributed by atoms with van der Waals surface area (Å²) < 4.78 is 15.8. The lowest BCUT2D eigenvalue weighted by Crippen LogP contribution is -2.66. The lowest BCUT2D eigenvalue weighted by molar-refractivity contribution is -0.0915. The van der Waals surface area contributed by atoms with Crippen molar-refractivity contribution in [2.24, 2.45) is 0 Å². The molecule has 1 amide bonds. The van der Waals surface area contributed by atoms with E-state index < -0.39 is 11.7 Å². The van der Waals surface area contributed by atoms with Gasteiger partial charge in [-0.2, -0.15) is 0 Å². The number of hydrogen-bond donors (Lipinski definition) is 2. The van der Waals surface area contributed by atoms with Crippen LogP contribution in [0, 0.1) is 0 Å². The molecule has 6 heteroatoms. The summed E-state index contributed by atoms with van der Waals surface area (Å²) >= 11 is 0. The van der Waals surface area contributed by atoms with E-state index in [2.05, 4.69) is 10.6 Å². The zero-order valence-electron chi connectivity index (χ0n) is 11.7. The molecule has 0 spiro atoms. The van der Waals surface area contributed by atoms with E-state index in [1.807, 2.05) is 20.8 Å². The van der Waals surface area contributed by atoms with Crippen molar-refractivity contribution in [3.8, 4) is 0 Å². The number of hydrogen-bond acceptors (Lipinski definition) is 5. The molecule has 0 aromatic heterocycles. The van der Waals surface area contributed by atoms with Gasteiger partial charge >= 0.3 is 6.09 Å². The topological polar surface area (TPSA) is 68.8 Å². The van der Waals surface area contributed by atoms with Crippen LogP contribution < -0.4 is 10.6 Å². The molecule has 0 radical (unpaired) electrons. The fourth-order valence-electron chi connectivity index (χ4n) is 1.57. The molecule has 0 saturated carbocycles. The van der Waals surface area contributed by atoms with Gasteiger partial charge in [-0.25, -0.2) is 4.79 Å². The second-order valence-corrected chi connectivity index (χ2v) is 5.48. The molecule has 0 aliphatic carbocycles. The van der Waals surface area contributed by atoms with Crippen LogP contribution in [0.4, 0.5) is 4.79 Å². The van der Waals surface area contributed by atoms with Crippen LogP contribution in [0.2, 0.25) is 0 Å². The van der Waals surface area contributed by atoms with Crippen LogP contribution in [-0.2, 0) is 14.2 Å². The Bertz CT molecular complexity index is 272. The zero-order valence-corrected chi connectivity index (χ0v) is 11.7. The maximum Gasteiger partial charge on any atom is 0.407 e. The number of amides is 1. The minimum Gasteiger partial charge on any atom is -0.444 e. The van der Waals surface area contributed by atoms with E-state index >= 15 is 0 Å². The number of nitrogens with one attached hydrogen (secondary N) is 2. The predicted molar refractivity (Wildman–Crippen MR) is 67.7 cm³/mol. The Balaban J connectivity index is 2.28. The third kappa shape index (κ3) is 5.20. The van der Waals surface area contributed by atoms with Crippen molar-refractivity contribution in [2.45, 2.75) is 32.0 Å². The summed E-state index contributed by atoms with van der Waals surface area (Å²) in [7, 11) is 1.63. The third-order valence-corrected chi connectivity index (χ3v) is 2.54. The van der Waals surface area contributed by atoms with Crippen LogP contribution in [0.1, 0.15) is 20.8 Å². The lowest BCUT2D eigenvalue weighted by atomic mass is 9.97. The zero-order chi connectivity index (χ0) is 13.6. The summed E-state index contributed by atoms with van der Waals surface area (Å²) in [4.78, 5) is 11.5. The molecule has 0 atom stereocenters. The van der Waals surface area contributed by atoms with E-state index in [9.17, 15) is 4.79 Å².